The molecule has 4 aromatic carbocycles. The van der Waals surface area contributed by atoms with Gasteiger partial charge in [0.15, 0.2) is 6.33 Å². The van der Waals surface area contributed by atoms with Crippen LogP contribution < -0.4 is 88.4 Å². The molecule has 0 aliphatic heterocycles. The standard InChI is InChI=1S/C21H25N7O.C19H23N9O.2C18H22N10O/c22-17-8-1-2-9-18(17)26-21-24-13-16(19(23)29)20(27-21)25-14-6-5-7-15(12-14)28-10-3-4-11-28;20-15-6-1-2-7-16(15)25-19-22-11-14(17(21)29)18(26-19)24-12-4-3-5-13(10-12)28-9-8-23-27-28;19-14-6-1-2-7-15(14)24-18-21-9-13(16(20)29)17(25-18)23-11-4-3-5-12(8-11)28-10-22-26-27-28;19-14-6-1-2-7-15(14)25-18-21-9-13(16(20)29)17(26-18)24-11-4-3-5-12(8-11)28-23-10-22-27-28/h3-7,10-13,17-18H,1-2,8-9,22H2,(H2,23,29)(H2,24,25,26,27);3-5,8-11,15-16H,1-2,6-7,20H2,(H2,21,29)(H2,22,24,25,26);3-5,8-10,14-15H,1-2,6-7,19H2,(H2,20,29)(H2,21,23,24,25);3-5,8-10,14-15H,1-2,6-7,19H2,(H2,20,29)(H2,21,24,25,26)/t17-,18+;15-,16+;2*14-,15+/m0000/s1. The SMILES string of the molecule is NC(=O)c1cnc(N[C@@H]2CCCC[C@@H]2N)nc1Nc1cccc(-n2cccc2)c1.NC(=O)c1cnc(N[C@@H]2CCCC[C@@H]2N)nc1Nc1cccc(-n2ccnn2)c1.NC(=O)c1cnc(N[C@@H]2CCCC[C@@H]2N)nc1Nc1cccc(-n2cnnn2)c1.NC(=O)c1cnc(N[C@@H]2CCCC[C@@H]2N)nc1Nc1cccc(-n2ncnn2)c1. The second kappa shape index (κ2) is 38.4. The highest BCUT2D eigenvalue weighted by atomic mass is 16.2. The van der Waals surface area contributed by atoms with Gasteiger partial charge in [0.2, 0.25) is 23.8 Å². The van der Waals surface area contributed by atoms with Crippen molar-refractivity contribution in [2.75, 3.05) is 42.5 Å². The average molecular weight is 1570 g/mol. The predicted octanol–water partition coefficient (Wildman–Crippen LogP) is 6.33. The lowest BCUT2D eigenvalue weighted by molar-refractivity contribution is 0.0992. The van der Waals surface area contributed by atoms with E-state index in [1.54, 1.807) is 23.1 Å². The van der Waals surface area contributed by atoms with Crippen LogP contribution in [0.4, 0.5) is 69.8 Å². The molecular weight excluding hydrogens is 1480 g/mol. The molecule has 0 saturated heterocycles. The van der Waals surface area contributed by atoms with Gasteiger partial charge in [-0.05, 0) is 152 Å². The molecule has 8 atom stereocenters. The lowest BCUT2D eigenvalue weighted by Gasteiger charge is -2.29. The van der Waals surface area contributed by atoms with E-state index in [9.17, 15) is 19.2 Å². The van der Waals surface area contributed by atoms with Crippen LogP contribution in [0.15, 0.2) is 171 Å². The molecule has 12 aromatic rings. The maximum atomic E-state index is 11.9. The number of carbonyl (C=O) groups excluding carboxylic acids is 4. The fourth-order valence-corrected chi connectivity index (χ4v) is 13.8. The van der Waals surface area contributed by atoms with Gasteiger partial charge in [-0.3, -0.25) is 19.2 Å². The normalized spacial score (nSPS) is 18.9. The number of nitrogens with zero attached hydrogens (tertiary/aromatic N) is 20. The Labute approximate surface area is 665 Å². The zero-order valence-electron chi connectivity index (χ0n) is 63.3. The van der Waals surface area contributed by atoms with E-state index in [0.29, 0.717) is 64.1 Å². The van der Waals surface area contributed by atoms with E-state index in [4.69, 9.17) is 45.9 Å². The molecule has 8 heterocycles. The van der Waals surface area contributed by atoms with Crippen LogP contribution in [0.25, 0.3) is 22.7 Å². The fraction of sp³-hybridized carbons (Fsp3) is 0.316. The molecular formula is C76H92N36O4. The van der Waals surface area contributed by atoms with Gasteiger partial charge in [0.05, 0.1) is 29.5 Å². The first-order valence-electron chi connectivity index (χ1n) is 38.1. The van der Waals surface area contributed by atoms with Crippen molar-refractivity contribution >= 4 is 93.4 Å². The van der Waals surface area contributed by atoms with Crippen LogP contribution in [0.3, 0.4) is 0 Å². The lowest BCUT2D eigenvalue weighted by atomic mass is 9.91. The van der Waals surface area contributed by atoms with Gasteiger partial charge in [-0.2, -0.15) is 19.9 Å². The van der Waals surface area contributed by atoms with E-state index in [0.717, 1.165) is 131 Å². The molecule has 600 valence electrons. The molecule has 40 heteroatoms. The number of rotatable bonds is 24. The molecule has 16 rings (SSSR count). The Bertz CT molecular complexity index is 4600. The maximum absolute atomic E-state index is 11.9. The van der Waals surface area contributed by atoms with Crippen molar-refractivity contribution in [1.82, 2.24) is 99.8 Å². The maximum Gasteiger partial charge on any atom is 0.254 e. The van der Waals surface area contributed by atoms with E-state index in [1.807, 2.05) is 120 Å². The summed E-state index contributed by atoms with van der Waals surface area (Å²) in [4.78, 5) is 83.8. The highest BCUT2D eigenvalue weighted by molar-refractivity contribution is 6.00. The number of benzene rings is 4. The summed E-state index contributed by atoms with van der Waals surface area (Å²) in [5, 5.41) is 56.4. The van der Waals surface area contributed by atoms with E-state index < -0.39 is 23.6 Å². The van der Waals surface area contributed by atoms with Crippen molar-refractivity contribution in [3.63, 3.8) is 0 Å². The Morgan fingerprint density at radius 2 is 0.707 bits per heavy atom. The Morgan fingerprint density at radius 3 is 1.03 bits per heavy atom. The highest BCUT2D eigenvalue weighted by Crippen LogP contribution is 2.31. The number of carbonyl (C=O) groups is 4. The summed E-state index contributed by atoms with van der Waals surface area (Å²) in [6.45, 7) is 0. The molecule has 24 N–H and O–H groups in total. The largest absolute Gasteiger partial charge is 0.365 e. The quantitative estimate of drug-likeness (QED) is 0.0314. The van der Waals surface area contributed by atoms with Gasteiger partial charge in [0.1, 0.15) is 51.9 Å². The van der Waals surface area contributed by atoms with Crippen molar-refractivity contribution in [2.24, 2.45) is 45.9 Å². The number of aromatic nitrogens is 20. The summed E-state index contributed by atoms with van der Waals surface area (Å²) >= 11 is 0. The third-order valence-electron chi connectivity index (χ3n) is 20.0. The van der Waals surface area contributed by atoms with Gasteiger partial charge in [-0.25, -0.2) is 29.3 Å². The van der Waals surface area contributed by atoms with Crippen molar-refractivity contribution in [3.05, 3.63) is 194 Å². The van der Waals surface area contributed by atoms with Gasteiger partial charge in [-0.1, -0.05) is 80.8 Å². The minimum atomic E-state index is -0.623. The Hall–Kier alpha value is -14.1. The number of hydrogen-bond donors (Lipinski definition) is 16. The van der Waals surface area contributed by atoms with Gasteiger partial charge >= 0.3 is 0 Å². The molecule has 116 heavy (non-hydrogen) atoms. The van der Waals surface area contributed by atoms with Crippen molar-refractivity contribution in [2.45, 2.75) is 151 Å². The number of anilines is 12. The molecule has 40 nitrogen and oxygen atoms in total. The van der Waals surface area contributed by atoms with Gasteiger partial charge in [-0.15, -0.1) is 25.2 Å². The fourth-order valence-electron chi connectivity index (χ4n) is 13.8. The molecule has 4 aliphatic carbocycles. The molecule has 0 spiro atoms. The average Bonchev–Trinajstić information content (AvgIpc) is 1.31. The van der Waals surface area contributed by atoms with E-state index in [2.05, 4.69) is 124 Å². The van der Waals surface area contributed by atoms with Crippen molar-refractivity contribution in [1.29, 1.82) is 0 Å². The second-order valence-corrected chi connectivity index (χ2v) is 28.2. The van der Waals surface area contributed by atoms with E-state index in [-0.39, 0.29) is 70.6 Å². The summed E-state index contributed by atoms with van der Waals surface area (Å²) in [6.07, 6.45) is 32.6. The third-order valence-corrected chi connectivity index (χ3v) is 20.0. The lowest BCUT2D eigenvalue weighted by Crippen LogP contribution is -2.43. The summed E-state index contributed by atoms with van der Waals surface area (Å²) < 4.78 is 5.16. The van der Waals surface area contributed by atoms with Crippen LogP contribution in [0.2, 0.25) is 0 Å². The van der Waals surface area contributed by atoms with Crippen LogP contribution in [0.1, 0.15) is 144 Å². The topological polar surface area (TPSA) is 599 Å². The first-order chi connectivity index (χ1) is 56.4. The molecule has 4 amide bonds. The van der Waals surface area contributed by atoms with Crippen LogP contribution >= 0.6 is 0 Å². The number of amides is 4. The van der Waals surface area contributed by atoms with Crippen LogP contribution in [-0.2, 0) is 0 Å². The summed E-state index contributed by atoms with van der Waals surface area (Å²) in [7, 11) is 0. The van der Waals surface area contributed by atoms with Crippen LogP contribution in [0, 0.1) is 0 Å². The van der Waals surface area contributed by atoms with Gasteiger partial charge in [0.25, 0.3) is 23.6 Å². The molecule has 4 saturated carbocycles. The van der Waals surface area contributed by atoms with Crippen LogP contribution in [-0.4, -0.2) is 172 Å². The summed E-state index contributed by atoms with van der Waals surface area (Å²) in [5.74, 6) is 0.512. The summed E-state index contributed by atoms with van der Waals surface area (Å²) in [6, 6.07) is 34.5. The zero-order chi connectivity index (χ0) is 80.9. The highest BCUT2D eigenvalue weighted by Gasteiger charge is 2.28. The van der Waals surface area contributed by atoms with Crippen LogP contribution in [0.5, 0.6) is 0 Å². The molecule has 4 fully saturated rings. The molecule has 8 aromatic heterocycles. The van der Waals surface area contributed by atoms with Crippen molar-refractivity contribution < 1.29 is 19.2 Å². The van der Waals surface area contributed by atoms with Crippen molar-refractivity contribution in [3.8, 4) is 22.7 Å². The van der Waals surface area contributed by atoms with Gasteiger partial charge in [0, 0.05) is 114 Å². The van der Waals surface area contributed by atoms with E-state index in [1.165, 1.54) is 46.9 Å². The zero-order valence-corrected chi connectivity index (χ0v) is 63.3. The Balaban J connectivity index is 0.000000135. The number of primary amides is 4. The smallest absolute Gasteiger partial charge is 0.254 e. The van der Waals surface area contributed by atoms with Gasteiger partial charge < -0.3 is 93.0 Å². The Morgan fingerprint density at radius 1 is 0.362 bits per heavy atom. The molecule has 0 unspecified atom stereocenters. The predicted molar refractivity (Wildman–Crippen MR) is 436 cm³/mol. The molecule has 0 bridgehead atoms. The third kappa shape index (κ3) is 21.3. The molecule has 0 radical (unpaired) electrons. The number of nitrogens with two attached hydrogens (primary N) is 8. The monoisotopic (exact) mass is 1570 g/mol. The second-order valence-electron chi connectivity index (χ2n) is 28.2. The first-order valence-corrected chi connectivity index (χ1v) is 38.1. The number of tetrazole rings is 2. The minimum absolute atomic E-state index is 0.0476. The Kier molecular flexibility index (Phi) is 26.5. The minimum Gasteiger partial charge on any atom is -0.365 e. The number of hydrogen-bond acceptors (Lipinski definition) is 32. The number of nitrogens with one attached hydrogen (secondary N) is 8. The first kappa shape index (κ1) is 79.9. The summed E-state index contributed by atoms with van der Waals surface area (Å²) in [5.41, 5.74) is 53.8. The molecule has 4 aliphatic rings. The van der Waals surface area contributed by atoms with E-state index >= 15 is 0 Å².